The molecule has 1 N–H and O–H groups in total. The number of aromatic nitrogens is 2. The lowest BCUT2D eigenvalue weighted by Crippen LogP contribution is -2.40. The molecule has 1 aliphatic rings. The van der Waals surface area contributed by atoms with Gasteiger partial charge in [0.25, 0.3) is 5.91 Å². The van der Waals surface area contributed by atoms with Crippen LogP contribution in [0.4, 0.5) is 0 Å². The molecule has 1 fully saturated rings. The van der Waals surface area contributed by atoms with Crippen molar-refractivity contribution >= 4 is 21.8 Å². The lowest BCUT2D eigenvalue weighted by Gasteiger charge is -2.31. The van der Waals surface area contributed by atoms with Gasteiger partial charge in [0.15, 0.2) is 0 Å². The first-order valence-electron chi connectivity index (χ1n) is 5.57. The first kappa shape index (κ1) is 11.6. The number of halogens is 1. The topological polar surface area (TPSA) is 49.0 Å². The average molecular weight is 286 g/mol. The van der Waals surface area contributed by atoms with Crippen molar-refractivity contribution in [2.45, 2.75) is 19.8 Å². The Morgan fingerprint density at radius 3 is 3.19 bits per heavy atom. The molecular weight excluding hydrogens is 270 g/mol. The van der Waals surface area contributed by atoms with Gasteiger partial charge in [0.1, 0.15) is 0 Å². The zero-order valence-electron chi connectivity index (χ0n) is 9.37. The second-order valence-corrected chi connectivity index (χ2v) is 4.97. The number of aromatic amines is 1. The van der Waals surface area contributed by atoms with E-state index >= 15 is 0 Å². The van der Waals surface area contributed by atoms with Gasteiger partial charge in [0.2, 0.25) is 0 Å². The third kappa shape index (κ3) is 2.29. The van der Waals surface area contributed by atoms with Gasteiger partial charge < -0.3 is 4.90 Å². The summed E-state index contributed by atoms with van der Waals surface area (Å²) in [6, 6.07) is 0. The van der Waals surface area contributed by atoms with Crippen LogP contribution in [-0.2, 0) is 0 Å². The zero-order chi connectivity index (χ0) is 11.5. The number of rotatable bonds is 2. The molecule has 0 spiro atoms. The van der Waals surface area contributed by atoms with E-state index in [0.29, 0.717) is 11.5 Å². The fourth-order valence-electron chi connectivity index (χ4n) is 2.11. The van der Waals surface area contributed by atoms with E-state index in [1.54, 1.807) is 6.20 Å². The van der Waals surface area contributed by atoms with E-state index in [1.165, 1.54) is 6.42 Å². The Morgan fingerprint density at radius 1 is 1.75 bits per heavy atom. The van der Waals surface area contributed by atoms with E-state index in [4.69, 9.17) is 0 Å². The van der Waals surface area contributed by atoms with E-state index in [2.05, 4.69) is 26.1 Å². The Morgan fingerprint density at radius 2 is 2.56 bits per heavy atom. The molecule has 5 heteroatoms. The first-order chi connectivity index (χ1) is 7.72. The summed E-state index contributed by atoms with van der Waals surface area (Å²) in [5.74, 6) is 0.696. The molecule has 0 aromatic carbocycles. The Kier molecular flexibility index (Phi) is 3.63. The molecule has 1 saturated heterocycles. The van der Waals surface area contributed by atoms with Crippen LogP contribution in [0.25, 0.3) is 0 Å². The number of aryl methyl sites for hydroxylation is 1. The highest BCUT2D eigenvalue weighted by Crippen LogP contribution is 2.20. The van der Waals surface area contributed by atoms with Crippen LogP contribution in [0.15, 0.2) is 6.20 Å². The fourth-order valence-corrected chi connectivity index (χ4v) is 2.64. The maximum absolute atomic E-state index is 12.2. The summed E-state index contributed by atoms with van der Waals surface area (Å²) in [5.41, 5.74) is 1.56. The molecule has 88 valence electrons. The summed E-state index contributed by atoms with van der Waals surface area (Å²) >= 11 is 3.49. The average Bonchev–Trinajstić information content (AvgIpc) is 2.74. The molecule has 1 aliphatic heterocycles. The number of hydrogen-bond donors (Lipinski definition) is 1. The van der Waals surface area contributed by atoms with Crippen LogP contribution in [0, 0.1) is 12.8 Å². The van der Waals surface area contributed by atoms with Crippen molar-refractivity contribution in [1.29, 1.82) is 0 Å². The lowest BCUT2D eigenvalue weighted by molar-refractivity contribution is 0.0685. The van der Waals surface area contributed by atoms with E-state index < -0.39 is 0 Å². The lowest BCUT2D eigenvalue weighted by atomic mass is 9.99. The van der Waals surface area contributed by atoms with Crippen molar-refractivity contribution < 1.29 is 4.79 Å². The number of nitrogens with zero attached hydrogens (tertiary/aromatic N) is 2. The molecule has 2 heterocycles. The Bertz CT molecular complexity index is 377. The van der Waals surface area contributed by atoms with Gasteiger partial charge >= 0.3 is 0 Å². The quantitative estimate of drug-likeness (QED) is 0.845. The van der Waals surface area contributed by atoms with Crippen LogP contribution in [-0.4, -0.2) is 39.4 Å². The maximum atomic E-state index is 12.2. The van der Waals surface area contributed by atoms with Crippen LogP contribution in [0.5, 0.6) is 0 Å². The second-order valence-electron chi connectivity index (χ2n) is 4.32. The SMILES string of the molecule is Cc1[nH]ncc1C(=O)N1CCCC(CBr)C1. The minimum atomic E-state index is 0.108. The van der Waals surface area contributed by atoms with Gasteiger partial charge in [0, 0.05) is 24.1 Å². The number of hydrogen-bond acceptors (Lipinski definition) is 2. The molecule has 1 aromatic rings. The minimum Gasteiger partial charge on any atom is -0.338 e. The predicted octanol–water partition coefficient (Wildman–Crippen LogP) is 1.97. The number of H-pyrrole nitrogens is 1. The van der Waals surface area contributed by atoms with Gasteiger partial charge in [-0.15, -0.1) is 0 Å². The molecule has 16 heavy (non-hydrogen) atoms. The first-order valence-corrected chi connectivity index (χ1v) is 6.69. The third-order valence-corrected chi connectivity index (χ3v) is 4.00. The predicted molar refractivity (Wildman–Crippen MR) is 65.7 cm³/mol. The number of carbonyl (C=O) groups excluding carboxylic acids is 1. The Balaban J connectivity index is 2.07. The normalized spacial score (nSPS) is 21.1. The molecule has 0 bridgehead atoms. The van der Waals surface area contributed by atoms with Gasteiger partial charge in [-0.1, -0.05) is 15.9 Å². The van der Waals surface area contributed by atoms with Gasteiger partial charge in [-0.25, -0.2) is 0 Å². The molecule has 0 radical (unpaired) electrons. The van der Waals surface area contributed by atoms with Crippen molar-refractivity contribution in [3.63, 3.8) is 0 Å². The summed E-state index contributed by atoms with van der Waals surface area (Å²) in [6.07, 6.45) is 3.92. The highest BCUT2D eigenvalue weighted by molar-refractivity contribution is 9.09. The largest absolute Gasteiger partial charge is 0.338 e. The van der Waals surface area contributed by atoms with Gasteiger partial charge in [-0.2, -0.15) is 5.10 Å². The number of nitrogens with one attached hydrogen (secondary N) is 1. The van der Waals surface area contributed by atoms with Crippen molar-refractivity contribution in [2.75, 3.05) is 18.4 Å². The van der Waals surface area contributed by atoms with Crippen LogP contribution in [0.2, 0.25) is 0 Å². The smallest absolute Gasteiger partial charge is 0.257 e. The van der Waals surface area contributed by atoms with Crippen molar-refractivity contribution in [1.82, 2.24) is 15.1 Å². The van der Waals surface area contributed by atoms with Crippen molar-refractivity contribution in [3.05, 3.63) is 17.5 Å². The van der Waals surface area contributed by atoms with Gasteiger partial charge in [-0.3, -0.25) is 9.89 Å². The number of amides is 1. The molecule has 0 saturated carbocycles. The zero-order valence-corrected chi connectivity index (χ0v) is 11.0. The minimum absolute atomic E-state index is 0.108. The third-order valence-electron chi connectivity index (χ3n) is 3.08. The summed E-state index contributed by atoms with van der Waals surface area (Å²) in [5, 5.41) is 7.68. The molecule has 1 atom stereocenters. The van der Waals surface area contributed by atoms with Gasteiger partial charge in [0.05, 0.1) is 11.8 Å². The van der Waals surface area contributed by atoms with Crippen LogP contribution in [0.1, 0.15) is 28.9 Å². The summed E-state index contributed by atoms with van der Waals surface area (Å²) in [7, 11) is 0. The Labute approximate surface area is 104 Å². The fraction of sp³-hybridized carbons (Fsp3) is 0.636. The van der Waals surface area contributed by atoms with Crippen LogP contribution < -0.4 is 0 Å². The molecule has 4 nitrogen and oxygen atoms in total. The summed E-state index contributed by atoms with van der Waals surface area (Å²) in [6.45, 7) is 3.60. The molecule has 2 rings (SSSR count). The standard InChI is InChI=1S/C11H16BrN3O/c1-8-10(6-13-14-8)11(16)15-4-2-3-9(5-12)7-15/h6,9H,2-5,7H2,1H3,(H,13,14). The number of piperidine rings is 1. The van der Waals surface area contributed by atoms with Crippen LogP contribution in [0.3, 0.4) is 0 Å². The highest BCUT2D eigenvalue weighted by atomic mass is 79.9. The maximum Gasteiger partial charge on any atom is 0.257 e. The number of alkyl halides is 1. The van der Waals surface area contributed by atoms with E-state index in [0.717, 1.165) is 30.5 Å². The van der Waals surface area contributed by atoms with E-state index in [1.807, 2.05) is 11.8 Å². The number of likely N-dealkylation sites (tertiary alicyclic amines) is 1. The summed E-state index contributed by atoms with van der Waals surface area (Å²) < 4.78 is 0. The second kappa shape index (κ2) is 4.99. The highest BCUT2D eigenvalue weighted by Gasteiger charge is 2.25. The van der Waals surface area contributed by atoms with Crippen LogP contribution >= 0.6 is 15.9 Å². The summed E-state index contributed by atoms with van der Waals surface area (Å²) in [4.78, 5) is 14.1. The van der Waals surface area contributed by atoms with Crippen molar-refractivity contribution in [3.8, 4) is 0 Å². The molecule has 1 unspecified atom stereocenters. The van der Waals surface area contributed by atoms with Crippen molar-refractivity contribution in [2.24, 2.45) is 5.92 Å². The molecule has 0 aliphatic carbocycles. The molecular formula is C11H16BrN3O. The molecule has 1 aromatic heterocycles. The number of carbonyl (C=O) groups is 1. The Hall–Kier alpha value is -0.840. The van der Waals surface area contributed by atoms with E-state index in [9.17, 15) is 4.79 Å². The van der Waals surface area contributed by atoms with E-state index in [-0.39, 0.29) is 5.91 Å². The van der Waals surface area contributed by atoms with Gasteiger partial charge in [-0.05, 0) is 25.7 Å². The molecule has 1 amide bonds. The monoisotopic (exact) mass is 285 g/mol.